The molecule has 0 bridgehead atoms. The molecule has 8 nitrogen and oxygen atoms in total. The first kappa shape index (κ1) is 14.1. The molecule has 1 unspecified atom stereocenters. The van der Waals surface area contributed by atoms with Crippen LogP contribution in [0, 0.1) is 5.82 Å². The van der Waals surface area contributed by atoms with Gasteiger partial charge in [-0.3, -0.25) is 0 Å². The van der Waals surface area contributed by atoms with Gasteiger partial charge in [-0.05, 0) is 46.8 Å². The van der Waals surface area contributed by atoms with E-state index in [1.165, 1.54) is 28.9 Å². The lowest BCUT2D eigenvalue weighted by atomic mass is 10.3. The monoisotopic (exact) mass is 304 g/mol. The number of aliphatic hydroxyl groups is 1. The van der Waals surface area contributed by atoms with Crippen LogP contribution in [0.15, 0.2) is 36.4 Å². The maximum absolute atomic E-state index is 12.7. The van der Waals surface area contributed by atoms with Gasteiger partial charge in [0.2, 0.25) is 0 Å². The molecule has 2 heterocycles. The van der Waals surface area contributed by atoms with E-state index in [0.29, 0.717) is 17.2 Å². The molecule has 0 saturated heterocycles. The molecule has 1 aromatic carbocycles. The Balaban J connectivity index is 1.49. The molecule has 3 rings (SSSR count). The lowest BCUT2D eigenvalue weighted by molar-refractivity contribution is 0.117. The van der Waals surface area contributed by atoms with Crippen LogP contribution in [-0.4, -0.2) is 49.6 Å². The van der Waals surface area contributed by atoms with Crippen molar-refractivity contribution < 1.29 is 14.2 Å². The molecule has 0 radical (unpaired) electrons. The summed E-state index contributed by atoms with van der Waals surface area (Å²) in [5.74, 6) is 0.688. The number of hydrogen-bond acceptors (Lipinski definition) is 7. The second-order valence-corrected chi connectivity index (χ2v) is 4.54. The van der Waals surface area contributed by atoms with Crippen molar-refractivity contribution in [1.82, 2.24) is 25.3 Å². The molecule has 0 fully saturated rings. The molecule has 1 atom stereocenters. The zero-order valence-electron chi connectivity index (χ0n) is 11.4. The zero-order valence-corrected chi connectivity index (χ0v) is 11.4. The van der Waals surface area contributed by atoms with Crippen molar-refractivity contribution in [3.05, 3.63) is 42.2 Å². The van der Waals surface area contributed by atoms with Crippen molar-refractivity contribution >= 4 is 11.5 Å². The Kier molecular flexibility index (Phi) is 4.05. The summed E-state index contributed by atoms with van der Waals surface area (Å²) in [6.45, 7) is 0.313. The molecule has 0 saturated carbocycles. The van der Waals surface area contributed by atoms with Crippen LogP contribution in [-0.2, 0) is 0 Å². The average Bonchev–Trinajstić information content (AvgIpc) is 3.00. The van der Waals surface area contributed by atoms with Crippen molar-refractivity contribution in [2.24, 2.45) is 0 Å². The summed E-state index contributed by atoms with van der Waals surface area (Å²) in [7, 11) is 0. The molecule has 0 amide bonds. The molecule has 114 valence electrons. The Bertz CT molecular complexity index is 748. The summed E-state index contributed by atoms with van der Waals surface area (Å²) in [6, 6.07) is 9.01. The van der Waals surface area contributed by atoms with Crippen LogP contribution in [0.5, 0.6) is 5.75 Å². The third-order valence-electron chi connectivity index (χ3n) is 2.84. The summed E-state index contributed by atoms with van der Waals surface area (Å²) in [5, 5.41) is 27.8. The number of aliphatic hydroxyl groups excluding tert-OH is 1. The molecule has 0 aliphatic carbocycles. The number of nitrogens with zero attached hydrogens (tertiary/aromatic N) is 5. The number of fused-ring (bicyclic) bond motifs is 1. The Hall–Kier alpha value is -2.81. The van der Waals surface area contributed by atoms with Gasteiger partial charge < -0.3 is 15.2 Å². The van der Waals surface area contributed by atoms with E-state index in [-0.39, 0.29) is 19.0 Å². The smallest absolute Gasteiger partial charge is 0.200 e. The molecule has 2 aromatic heterocycles. The van der Waals surface area contributed by atoms with Gasteiger partial charge in [0.1, 0.15) is 30.1 Å². The van der Waals surface area contributed by atoms with Crippen molar-refractivity contribution in [2.75, 3.05) is 18.5 Å². The number of benzene rings is 1. The lowest BCUT2D eigenvalue weighted by Gasteiger charge is -2.13. The highest BCUT2D eigenvalue weighted by molar-refractivity contribution is 5.42. The molecule has 9 heteroatoms. The van der Waals surface area contributed by atoms with Gasteiger partial charge in [-0.1, -0.05) is 0 Å². The van der Waals surface area contributed by atoms with Gasteiger partial charge in [0.15, 0.2) is 5.65 Å². The quantitative estimate of drug-likeness (QED) is 0.684. The number of aromatic nitrogens is 5. The predicted octanol–water partition coefficient (Wildman–Crippen LogP) is 0.510. The van der Waals surface area contributed by atoms with Crippen molar-refractivity contribution in [1.29, 1.82) is 0 Å². The fraction of sp³-hybridized carbons (Fsp3) is 0.231. The van der Waals surface area contributed by atoms with Gasteiger partial charge in [0, 0.05) is 6.54 Å². The Labute approximate surface area is 124 Å². The van der Waals surface area contributed by atoms with Gasteiger partial charge >= 0.3 is 0 Å². The van der Waals surface area contributed by atoms with E-state index in [1.54, 1.807) is 12.1 Å². The third kappa shape index (κ3) is 3.44. The highest BCUT2D eigenvalue weighted by Gasteiger charge is 2.07. The molecular formula is C13H13FN6O2. The highest BCUT2D eigenvalue weighted by atomic mass is 19.1. The predicted molar refractivity (Wildman–Crippen MR) is 75.0 cm³/mol. The van der Waals surface area contributed by atoms with Gasteiger partial charge in [-0.2, -0.15) is 0 Å². The van der Waals surface area contributed by atoms with Crippen LogP contribution in [0.1, 0.15) is 0 Å². The molecule has 22 heavy (non-hydrogen) atoms. The van der Waals surface area contributed by atoms with Gasteiger partial charge in [-0.25, -0.2) is 4.39 Å². The maximum Gasteiger partial charge on any atom is 0.200 e. The van der Waals surface area contributed by atoms with E-state index >= 15 is 0 Å². The van der Waals surface area contributed by atoms with Gasteiger partial charge in [-0.15, -0.1) is 14.8 Å². The SMILES string of the molecule is OC(CNc1ccc2nnnn2n1)COc1ccc(F)cc1. The van der Waals surface area contributed by atoms with E-state index in [0.717, 1.165) is 0 Å². The number of rotatable bonds is 6. The number of hydrogen-bond donors (Lipinski definition) is 2. The first-order valence-corrected chi connectivity index (χ1v) is 6.56. The summed E-state index contributed by atoms with van der Waals surface area (Å²) in [4.78, 5) is 0. The molecule has 0 aliphatic heterocycles. The van der Waals surface area contributed by atoms with E-state index in [1.807, 2.05) is 0 Å². The minimum absolute atomic E-state index is 0.0752. The van der Waals surface area contributed by atoms with Gasteiger partial charge in [0.05, 0.1) is 0 Å². The van der Waals surface area contributed by atoms with Crippen molar-refractivity contribution in [3.8, 4) is 5.75 Å². The molecule has 0 aliphatic rings. The van der Waals surface area contributed by atoms with Crippen LogP contribution < -0.4 is 10.1 Å². The van der Waals surface area contributed by atoms with Crippen LogP contribution in [0.25, 0.3) is 5.65 Å². The summed E-state index contributed by atoms with van der Waals surface area (Å²) in [5.41, 5.74) is 0.533. The number of halogens is 1. The minimum Gasteiger partial charge on any atom is -0.491 e. The van der Waals surface area contributed by atoms with Gasteiger partial charge in [0.25, 0.3) is 0 Å². The van der Waals surface area contributed by atoms with E-state index < -0.39 is 6.10 Å². The Morgan fingerprint density at radius 3 is 2.86 bits per heavy atom. The number of anilines is 1. The number of tetrazole rings is 1. The van der Waals surface area contributed by atoms with Crippen LogP contribution in [0.4, 0.5) is 10.2 Å². The second kappa shape index (κ2) is 6.31. The first-order chi connectivity index (χ1) is 10.7. The van der Waals surface area contributed by atoms with Crippen molar-refractivity contribution in [3.63, 3.8) is 0 Å². The minimum atomic E-state index is -0.753. The van der Waals surface area contributed by atoms with E-state index in [2.05, 4.69) is 25.9 Å². The van der Waals surface area contributed by atoms with Crippen LogP contribution in [0.2, 0.25) is 0 Å². The molecule has 0 spiro atoms. The fourth-order valence-corrected chi connectivity index (χ4v) is 1.75. The molecule has 2 N–H and O–H groups in total. The third-order valence-corrected chi connectivity index (χ3v) is 2.84. The topological polar surface area (TPSA) is 97.5 Å². The summed E-state index contributed by atoms with van der Waals surface area (Å²) < 4.78 is 19.4. The lowest BCUT2D eigenvalue weighted by Crippen LogP contribution is -2.26. The standard InChI is InChI=1S/C13H13FN6O2/c14-9-1-3-11(4-2-9)22-8-10(21)7-15-12-5-6-13-16-18-19-20(13)17-12/h1-6,10,21H,7-8H2,(H,15,17). The Morgan fingerprint density at radius 1 is 1.23 bits per heavy atom. The van der Waals surface area contributed by atoms with E-state index in [4.69, 9.17) is 4.74 Å². The number of nitrogens with one attached hydrogen (secondary N) is 1. The highest BCUT2D eigenvalue weighted by Crippen LogP contribution is 2.11. The summed E-state index contributed by atoms with van der Waals surface area (Å²) >= 11 is 0. The Morgan fingerprint density at radius 2 is 2.05 bits per heavy atom. The zero-order chi connectivity index (χ0) is 15.4. The largest absolute Gasteiger partial charge is 0.491 e. The summed E-state index contributed by atoms with van der Waals surface area (Å²) in [6.07, 6.45) is -0.753. The molecular weight excluding hydrogens is 291 g/mol. The number of ether oxygens (including phenoxy) is 1. The van der Waals surface area contributed by atoms with Crippen LogP contribution in [0.3, 0.4) is 0 Å². The van der Waals surface area contributed by atoms with Crippen molar-refractivity contribution in [2.45, 2.75) is 6.10 Å². The van der Waals surface area contributed by atoms with Crippen LogP contribution >= 0.6 is 0 Å². The molecule has 3 aromatic rings. The maximum atomic E-state index is 12.7. The van der Waals surface area contributed by atoms with E-state index in [9.17, 15) is 9.50 Å². The first-order valence-electron chi connectivity index (χ1n) is 6.56. The normalized spacial score (nSPS) is 12.3. The second-order valence-electron chi connectivity index (χ2n) is 4.54. The fourth-order valence-electron chi connectivity index (χ4n) is 1.75. The average molecular weight is 304 g/mol.